The molecule has 36 heavy (non-hydrogen) atoms. The van der Waals surface area contributed by atoms with E-state index in [2.05, 4.69) is 97.1 Å². The normalized spacial score (nSPS) is 10.9. The lowest BCUT2D eigenvalue weighted by atomic mass is 9.97. The van der Waals surface area contributed by atoms with Crippen molar-refractivity contribution in [2.24, 2.45) is 0 Å². The van der Waals surface area contributed by atoms with Crippen LogP contribution >= 0.6 is 0 Å². The summed E-state index contributed by atoms with van der Waals surface area (Å²) in [5.41, 5.74) is 23.7. The van der Waals surface area contributed by atoms with E-state index in [-0.39, 0.29) is 0 Å². The Labute approximate surface area is 214 Å². The Bertz CT molecular complexity index is 1270. The highest BCUT2D eigenvalue weighted by Gasteiger charge is 2.03. The van der Waals surface area contributed by atoms with Crippen LogP contribution in [0.1, 0.15) is 44.5 Å². The first-order valence-corrected chi connectivity index (χ1v) is 12.5. The van der Waals surface area contributed by atoms with Crippen molar-refractivity contribution in [1.82, 2.24) is 0 Å². The van der Waals surface area contributed by atoms with Gasteiger partial charge in [-0.2, -0.15) is 0 Å². The minimum absolute atomic E-state index is 0.809. The number of hydrogen-bond acceptors (Lipinski definition) is 2. The smallest absolute Gasteiger partial charge is 0.0314 e. The van der Waals surface area contributed by atoms with E-state index in [4.69, 9.17) is 11.5 Å². The molecular weight excluding hydrogens is 436 g/mol. The second kappa shape index (κ2) is 11.0. The molecule has 0 aliphatic heterocycles. The maximum absolute atomic E-state index is 5.79. The van der Waals surface area contributed by atoms with Gasteiger partial charge in [-0.15, -0.1) is 0 Å². The highest BCUT2D eigenvalue weighted by molar-refractivity contribution is 5.42. The van der Waals surface area contributed by atoms with Crippen molar-refractivity contribution in [2.45, 2.75) is 25.7 Å². The van der Waals surface area contributed by atoms with Crippen LogP contribution in [0, 0.1) is 0 Å². The topological polar surface area (TPSA) is 52.0 Å². The molecule has 0 aliphatic carbocycles. The molecule has 0 saturated carbocycles. The highest BCUT2D eigenvalue weighted by Crippen LogP contribution is 2.18. The van der Waals surface area contributed by atoms with Gasteiger partial charge in [0.1, 0.15) is 0 Å². The average molecular weight is 469 g/mol. The van der Waals surface area contributed by atoms with E-state index in [0.717, 1.165) is 37.1 Å². The summed E-state index contributed by atoms with van der Waals surface area (Å²) in [6, 6.07) is 43.2. The number of nitrogens with two attached hydrogens (primary N) is 2. The standard InChI is InChI=1S/C34H32N2/c35-33-17-13-31(14-18-33)23-29-9-5-27(6-10-29)21-25-1-2-26(4-3-25)22-28-7-11-30(12-8-28)24-32-15-19-34(36)20-16-32/h1-20H,21-24,35-36H2. The fourth-order valence-corrected chi connectivity index (χ4v) is 4.54. The largest absolute Gasteiger partial charge is 0.399 e. The second-order valence-corrected chi connectivity index (χ2v) is 9.64. The fourth-order valence-electron chi connectivity index (χ4n) is 4.54. The molecule has 0 fully saturated rings. The maximum atomic E-state index is 5.79. The monoisotopic (exact) mass is 468 g/mol. The Hall–Kier alpha value is -4.30. The quantitative estimate of drug-likeness (QED) is 0.236. The van der Waals surface area contributed by atoms with Gasteiger partial charge in [-0.1, -0.05) is 97.1 Å². The van der Waals surface area contributed by atoms with E-state index in [1.165, 1.54) is 44.5 Å². The third kappa shape index (κ3) is 6.43. The molecule has 5 aromatic carbocycles. The summed E-state index contributed by atoms with van der Waals surface area (Å²) in [4.78, 5) is 0. The summed E-state index contributed by atoms with van der Waals surface area (Å²) < 4.78 is 0. The van der Waals surface area contributed by atoms with Crippen molar-refractivity contribution < 1.29 is 0 Å². The highest BCUT2D eigenvalue weighted by atomic mass is 14.5. The second-order valence-electron chi connectivity index (χ2n) is 9.64. The van der Waals surface area contributed by atoms with Gasteiger partial charge in [0.25, 0.3) is 0 Å². The van der Waals surface area contributed by atoms with E-state index in [1.54, 1.807) is 0 Å². The molecule has 2 heteroatoms. The van der Waals surface area contributed by atoms with Gasteiger partial charge in [0.15, 0.2) is 0 Å². The van der Waals surface area contributed by atoms with E-state index in [9.17, 15) is 0 Å². The van der Waals surface area contributed by atoms with Gasteiger partial charge in [-0.3, -0.25) is 0 Å². The molecule has 0 amide bonds. The predicted molar refractivity (Wildman–Crippen MR) is 152 cm³/mol. The molecule has 0 unspecified atom stereocenters. The van der Waals surface area contributed by atoms with Crippen LogP contribution < -0.4 is 11.5 Å². The Morgan fingerprint density at radius 2 is 0.389 bits per heavy atom. The summed E-state index contributed by atoms with van der Waals surface area (Å²) in [5, 5.41) is 0. The van der Waals surface area contributed by atoms with Gasteiger partial charge < -0.3 is 11.5 Å². The number of benzene rings is 5. The minimum Gasteiger partial charge on any atom is -0.399 e. The van der Waals surface area contributed by atoms with Crippen LogP contribution in [0.3, 0.4) is 0 Å². The Kier molecular flexibility index (Phi) is 7.14. The van der Waals surface area contributed by atoms with Gasteiger partial charge in [0, 0.05) is 11.4 Å². The van der Waals surface area contributed by atoms with E-state index >= 15 is 0 Å². The Morgan fingerprint density at radius 1 is 0.250 bits per heavy atom. The summed E-state index contributed by atoms with van der Waals surface area (Å²) in [7, 11) is 0. The number of anilines is 2. The first-order chi connectivity index (χ1) is 17.6. The van der Waals surface area contributed by atoms with Crippen LogP contribution in [0.15, 0.2) is 121 Å². The van der Waals surface area contributed by atoms with Crippen LogP contribution in [0.2, 0.25) is 0 Å². The first kappa shape index (κ1) is 23.4. The molecule has 0 radical (unpaired) electrons. The van der Waals surface area contributed by atoms with Gasteiger partial charge >= 0.3 is 0 Å². The van der Waals surface area contributed by atoms with Crippen LogP contribution in [0.5, 0.6) is 0 Å². The molecule has 178 valence electrons. The van der Waals surface area contributed by atoms with E-state index in [1.807, 2.05) is 24.3 Å². The molecule has 0 aromatic heterocycles. The molecule has 5 rings (SSSR count). The zero-order valence-electron chi connectivity index (χ0n) is 20.5. The van der Waals surface area contributed by atoms with Gasteiger partial charge in [0.05, 0.1) is 0 Å². The number of rotatable bonds is 8. The van der Waals surface area contributed by atoms with Crippen molar-refractivity contribution in [3.63, 3.8) is 0 Å². The van der Waals surface area contributed by atoms with Crippen molar-refractivity contribution in [1.29, 1.82) is 0 Å². The molecule has 0 atom stereocenters. The Balaban J connectivity index is 1.14. The summed E-state index contributed by atoms with van der Waals surface area (Å²) >= 11 is 0. The maximum Gasteiger partial charge on any atom is 0.0314 e. The third-order valence-corrected chi connectivity index (χ3v) is 6.66. The van der Waals surface area contributed by atoms with Crippen LogP contribution in [0.4, 0.5) is 11.4 Å². The predicted octanol–water partition coefficient (Wildman–Crippen LogP) is 7.21. The van der Waals surface area contributed by atoms with Crippen LogP contribution in [0.25, 0.3) is 0 Å². The Morgan fingerprint density at radius 3 is 0.556 bits per heavy atom. The molecule has 5 aromatic rings. The fraction of sp³-hybridized carbons (Fsp3) is 0.118. The molecule has 4 N–H and O–H groups in total. The van der Waals surface area contributed by atoms with Gasteiger partial charge in [-0.05, 0) is 94.5 Å². The van der Waals surface area contributed by atoms with E-state index in [0.29, 0.717) is 0 Å². The minimum atomic E-state index is 0.809. The molecule has 0 aliphatic rings. The summed E-state index contributed by atoms with van der Waals surface area (Å²) in [5.74, 6) is 0. The first-order valence-electron chi connectivity index (χ1n) is 12.5. The van der Waals surface area contributed by atoms with Gasteiger partial charge in [0.2, 0.25) is 0 Å². The van der Waals surface area contributed by atoms with Crippen LogP contribution in [-0.2, 0) is 25.7 Å². The molecule has 2 nitrogen and oxygen atoms in total. The molecule has 0 spiro atoms. The van der Waals surface area contributed by atoms with Crippen molar-refractivity contribution in [2.75, 3.05) is 11.5 Å². The number of nitrogen functional groups attached to an aromatic ring is 2. The lowest BCUT2D eigenvalue weighted by Gasteiger charge is -2.08. The van der Waals surface area contributed by atoms with Crippen LogP contribution in [-0.4, -0.2) is 0 Å². The SMILES string of the molecule is Nc1ccc(Cc2ccc(Cc3ccc(Cc4ccc(Cc5ccc(N)cc5)cc4)cc3)cc2)cc1. The molecule has 0 heterocycles. The van der Waals surface area contributed by atoms with E-state index < -0.39 is 0 Å². The summed E-state index contributed by atoms with van der Waals surface area (Å²) in [6.45, 7) is 0. The summed E-state index contributed by atoms with van der Waals surface area (Å²) in [6.07, 6.45) is 3.75. The number of hydrogen-bond donors (Lipinski definition) is 2. The lowest BCUT2D eigenvalue weighted by Crippen LogP contribution is -1.94. The lowest BCUT2D eigenvalue weighted by molar-refractivity contribution is 1.13. The average Bonchev–Trinajstić information content (AvgIpc) is 2.90. The molecule has 0 bridgehead atoms. The van der Waals surface area contributed by atoms with Crippen molar-refractivity contribution in [3.05, 3.63) is 166 Å². The van der Waals surface area contributed by atoms with Gasteiger partial charge in [-0.25, -0.2) is 0 Å². The van der Waals surface area contributed by atoms with Crippen molar-refractivity contribution >= 4 is 11.4 Å². The molecule has 0 saturated heterocycles. The van der Waals surface area contributed by atoms with Crippen molar-refractivity contribution in [3.8, 4) is 0 Å². The zero-order chi connectivity index (χ0) is 24.7. The molecular formula is C34H32N2. The zero-order valence-corrected chi connectivity index (χ0v) is 20.5. The third-order valence-electron chi connectivity index (χ3n) is 6.66.